The molecule has 2 heterocycles. The van der Waals surface area contributed by atoms with E-state index < -0.39 is 17.5 Å². The number of rotatable bonds is 31. The Kier molecular flexibility index (Phi) is 41.0. The number of nitrogens with zero attached hydrogens (tertiary/aromatic N) is 6. The van der Waals surface area contributed by atoms with Gasteiger partial charge in [-0.15, -0.1) is 0 Å². The highest BCUT2D eigenvalue weighted by Crippen LogP contribution is 2.40. The van der Waals surface area contributed by atoms with E-state index in [0.717, 1.165) is 98.9 Å². The average Bonchev–Trinajstić information content (AvgIpc) is 0.763. The second-order valence-electron chi connectivity index (χ2n) is 31.1. The molecular weight excluding hydrogens is 1830 g/mol. The van der Waals surface area contributed by atoms with Crippen molar-refractivity contribution >= 4 is 127 Å². The van der Waals surface area contributed by atoms with E-state index >= 15 is 0 Å². The van der Waals surface area contributed by atoms with E-state index in [1.807, 2.05) is 195 Å². The summed E-state index contributed by atoms with van der Waals surface area (Å²) in [5.74, 6) is 1.57. The Hall–Kier alpha value is -10.6. The summed E-state index contributed by atoms with van der Waals surface area (Å²) in [5.41, 5.74) is 11.0. The molecule has 1 unspecified atom stereocenters. The third-order valence-electron chi connectivity index (χ3n) is 19.3. The number of hydrogen-bond donors (Lipinski definition) is 5. The van der Waals surface area contributed by atoms with E-state index in [2.05, 4.69) is 62.4 Å². The number of hydrogen-bond acceptors (Lipinski definition) is 18. The molecule has 12 rings (SSSR count). The number of likely N-dealkylation sites (N-methyl/N-ethyl adjacent to an activating group) is 3. The molecule has 0 saturated carbocycles. The quantitative estimate of drug-likeness (QED) is 0.0200. The predicted octanol–water partition coefficient (Wildman–Crippen LogP) is 17.2. The molecule has 0 bridgehead atoms. The van der Waals surface area contributed by atoms with Gasteiger partial charge in [0, 0.05) is 92.7 Å². The van der Waals surface area contributed by atoms with Gasteiger partial charge in [-0.05, 0) is 284 Å². The summed E-state index contributed by atoms with van der Waals surface area (Å²) in [6.45, 7) is 24.1. The van der Waals surface area contributed by atoms with E-state index in [4.69, 9.17) is 90.8 Å². The zero-order valence-electron chi connectivity index (χ0n) is 75.2. The topological polar surface area (TPSA) is 249 Å². The first-order chi connectivity index (χ1) is 60.0. The average molecular weight is 1950 g/mol. The highest BCUT2D eigenvalue weighted by atomic mass is 127. The molecule has 0 radical (unpaired) electrons. The maximum atomic E-state index is 13.5. The number of benzene rings is 10. The van der Waals surface area contributed by atoms with Crippen molar-refractivity contribution in [3.63, 3.8) is 0 Å². The SMILES string of the molecule is CCOc1cccc(NCCN(C)C)c1C(=O)Nc1ccc(Cl)c(C)c1.CCOc1cccc(OCC[N+](C)(C)C)c1C(=O)Nc1ccc(Cl)c(C)c1.CCOc1cccc2c1C(=O)N(c1ccc(Cl)c(C)c1)C(CCN(C)C)O2.CCOc1cccc2oc(=O)n(-c3ccc(Cl)c(C)c3)c(=O)c12.Cc1cc(NC(=O)c2ccccc2NCCN(C)C)ccc1Cl.[I-]. The number of anilines is 6. The molecule has 1 aliphatic heterocycles. The smallest absolute Gasteiger partial charge is 0.426 e. The molecule has 678 valence electrons. The van der Waals surface area contributed by atoms with Crippen LogP contribution in [0.5, 0.6) is 34.5 Å². The van der Waals surface area contributed by atoms with Crippen molar-refractivity contribution in [2.24, 2.45) is 0 Å². The number of carbonyl (C=O) groups excluding carboxylic acids is 4. The molecule has 24 nitrogen and oxygen atoms in total. The van der Waals surface area contributed by atoms with Crippen LogP contribution in [0.2, 0.25) is 25.1 Å². The molecule has 0 spiro atoms. The van der Waals surface area contributed by atoms with Crippen LogP contribution in [0, 0.1) is 34.6 Å². The maximum Gasteiger partial charge on any atom is 0.426 e. The lowest BCUT2D eigenvalue weighted by Gasteiger charge is -2.38. The van der Waals surface area contributed by atoms with E-state index in [-0.39, 0.29) is 58.6 Å². The molecule has 4 amide bonds. The van der Waals surface area contributed by atoms with Crippen LogP contribution in [0.3, 0.4) is 0 Å². The molecule has 30 heteroatoms. The minimum absolute atomic E-state index is 0. The van der Waals surface area contributed by atoms with E-state index in [9.17, 15) is 28.8 Å². The van der Waals surface area contributed by atoms with Crippen LogP contribution in [0.25, 0.3) is 16.7 Å². The Balaban J connectivity index is 0.000000218. The molecule has 1 atom stereocenters. The van der Waals surface area contributed by atoms with Gasteiger partial charge in [0.05, 0.1) is 64.5 Å². The lowest BCUT2D eigenvalue weighted by molar-refractivity contribution is -0.870. The molecule has 1 aliphatic rings. The van der Waals surface area contributed by atoms with Crippen LogP contribution in [0.15, 0.2) is 202 Å². The number of amides is 4. The second kappa shape index (κ2) is 50.3. The van der Waals surface area contributed by atoms with Crippen molar-refractivity contribution in [3.05, 3.63) is 284 Å². The molecule has 0 saturated heterocycles. The van der Waals surface area contributed by atoms with Gasteiger partial charge in [0.25, 0.3) is 29.2 Å². The molecule has 5 N–H and O–H groups in total. The number of carbonyl (C=O) groups is 4. The molecular formula is C97H115Cl5IN11O13. The number of fused-ring (bicyclic) bond motifs is 2. The lowest BCUT2D eigenvalue weighted by atomic mass is 10.1. The van der Waals surface area contributed by atoms with Crippen LogP contribution < -0.4 is 95.2 Å². The normalized spacial score (nSPS) is 11.9. The van der Waals surface area contributed by atoms with Gasteiger partial charge >= 0.3 is 5.76 Å². The van der Waals surface area contributed by atoms with E-state index in [0.29, 0.717) is 138 Å². The number of ether oxygens (including phenoxy) is 6. The largest absolute Gasteiger partial charge is 1.00 e. The van der Waals surface area contributed by atoms with Crippen molar-refractivity contribution < 1.29 is 80.5 Å². The van der Waals surface area contributed by atoms with E-state index in [1.165, 1.54) is 0 Å². The summed E-state index contributed by atoms with van der Waals surface area (Å²) < 4.78 is 41.7. The zero-order valence-corrected chi connectivity index (χ0v) is 81.2. The number of para-hydroxylation sites is 1. The molecule has 10 aromatic carbocycles. The van der Waals surface area contributed by atoms with Gasteiger partial charge in [-0.1, -0.05) is 94.4 Å². The predicted molar refractivity (Wildman–Crippen MR) is 514 cm³/mol. The number of quaternary nitrogens is 1. The molecule has 0 fully saturated rings. The van der Waals surface area contributed by atoms with Crippen molar-refractivity contribution in [1.82, 2.24) is 19.3 Å². The lowest BCUT2D eigenvalue weighted by Crippen LogP contribution is -3.00. The van der Waals surface area contributed by atoms with Crippen LogP contribution in [0.1, 0.15) is 103 Å². The zero-order chi connectivity index (χ0) is 92.1. The van der Waals surface area contributed by atoms with Crippen molar-refractivity contribution in [2.75, 3.05) is 167 Å². The summed E-state index contributed by atoms with van der Waals surface area (Å²) in [6.07, 6.45) is 0.281. The number of halogens is 6. The minimum atomic E-state index is -0.752. The molecule has 127 heavy (non-hydrogen) atoms. The Morgan fingerprint density at radius 1 is 0.449 bits per heavy atom. The molecule has 11 aromatic rings. The fourth-order valence-electron chi connectivity index (χ4n) is 12.7. The van der Waals surface area contributed by atoms with Crippen LogP contribution in [-0.4, -0.2) is 189 Å². The fourth-order valence-corrected chi connectivity index (χ4v) is 13.3. The van der Waals surface area contributed by atoms with Gasteiger partial charge in [0.1, 0.15) is 75.3 Å². The first kappa shape index (κ1) is 104. The molecule has 1 aromatic heterocycles. The van der Waals surface area contributed by atoms with Gasteiger partial charge < -0.3 is 103 Å². The first-order valence-electron chi connectivity index (χ1n) is 41.3. The maximum absolute atomic E-state index is 13.5. The van der Waals surface area contributed by atoms with Crippen molar-refractivity contribution in [3.8, 4) is 40.2 Å². The van der Waals surface area contributed by atoms with Gasteiger partial charge in [-0.25, -0.2) is 9.36 Å². The van der Waals surface area contributed by atoms with Gasteiger partial charge in [0.15, 0.2) is 6.23 Å². The van der Waals surface area contributed by atoms with E-state index in [1.54, 1.807) is 103 Å². The Morgan fingerprint density at radius 3 is 1.37 bits per heavy atom. The fraction of sp³-hybridized carbons (Fsp3) is 0.320. The second-order valence-corrected chi connectivity index (χ2v) is 33.2. The van der Waals surface area contributed by atoms with Gasteiger partial charge in [-0.3, -0.25) is 28.9 Å². The Bertz CT molecular complexity index is 5690. The van der Waals surface area contributed by atoms with Gasteiger partial charge in [-0.2, -0.15) is 0 Å². The van der Waals surface area contributed by atoms with Crippen LogP contribution in [-0.2, 0) is 0 Å². The highest BCUT2D eigenvalue weighted by molar-refractivity contribution is 6.33. The number of nitrogens with one attached hydrogen (secondary N) is 5. The van der Waals surface area contributed by atoms with Crippen LogP contribution in [0.4, 0.5) is 34.1 Å². The summed E-state index contributed by atoms with van der Waals surface area (Å²) in [4.78, 5) is 85.0. The highest BCUT2D eigenvalue weighted by Gasteiger charge is 2.38. The molecule has 0 aliphatic carbocycles. The minimum Gasteiger partial charge on any atom is -1.00 e. The number of aryl methyl sites for hydroxylation is 5. The summed E-state index contributed by atoms with van der Waals surface area (Å²) in [6, 6.07) is 55.6. The summed E-state index contributed by atoms with van der Waals surface area (Å²) in [5, 5.41) is 18.9. The summed E-state index contributed by atoms with van der Waals surface area (Å²) in [7, 11) is 18.3. The Morgan fingerprint density at radius 2 is 0.858 bits per heavy atom. The third kappa shape index (κ3) is 30.3. The van der Waals surface area contributed by atoms with Crippen LogP contribution >= 0.6 is 58.0 Å². The van der Waals surface area contributed by atoms with Gasteiger partial charge in [0.2, 0.25) is 0 Å². The van der Waals surface area contributed by atoms with Crippen molar-refractivity contribution in [2.45, 2.75) is 75.0 Å². The summed E-state index contributed by atoms with van der Waals surface area (Å²) >= 11 is 30.3. The monoisotopic (exact) mass is 1940 g/mol. The standard InChI is InChI=1S/C21H25ClN2O3.C21H27ClN2O3.C20H26ClN3O2.C18H22ClN3O.C17H14ClNO4.HI/c1-5-26-17-7-6-8-18-20(17)21(25)24(19(27-18)11-12-23(3)4)15-9-10-16(22)14(2)13-15;1-6-26-18-8-7-9-19(27-13-12-24(3,4)5)20(18)21(25)23-16-10-11-17(22)15(2)14-16;1-5-26-18-8-6-7-17(22-11-12-24(3)4)19(18)20(25)23-15-9-10-16(21)14(2)13-15;1-13-12-14(8-9-16(13)19)21-18(23)15-6-4-5-7-17(15)20-10-11-22(2)3;1-3-22-13-5-4-6-14-15(13)16(20)19(17(21)23-14)11-7-8-12(18)10(2)9-11;/h6-10,13,19H,5,11-12H2,1-4H3;7-11,14H,6,12-13H2,1-5H3;6-10,13,22H,5,11-12H2,1-4H3,(H,23,25);4-9,12,20H,10-11H2,1-3H3,(H,21,23);4-9H,3H2,1-2H3;1H. The third-order valence-corrected chi connectivity index (χ3v) is 21.4. The Labute approximate surface area is 787 Å². The van der Waals surface area contributed by atoms with Crippen molar-refractivity contribution in [1.29, 1.82) is 0 Å². The first-order valence-corrected chi connectivity index (χ1v) is 43.2. The number of aromatic nitrogens is 1.